The lowest BCUT2D eigenvalue weighted by atomic mass is 9.98. The summed E-state index contributed by atoms with van der Waals surface area (Å²) in [6.07, 6.45) is 0. The Kier molecular flexibility index (Phi) is 6.51. The van der Waals surface area contributed by atoms with Crippen molar-refractivity contribution in [2.24, 2.45) is 0 Å². The van der Waals surface area contributed by atoms with E-state index in [-0.39, 0.29) is 17.1 Å². The molecule has 0 unspecified atom stereocenters. The average molecular weight is 492 g/mol. The van der Waals surface area contributed by atoms with Gasteiger partial charge in [0.05, 0.1) is 6.61 Å². The molecule has 144 valence electrons. The Morgan fingerprint density at radius 2 is 1.75 bits per heavy atom. The quantitative estimate of drug-likeness (QED) is 0.320. The largest absolute Gasteiger partial charge is 0.493 e. The lowest BCUT2D eigenvalue weighted by Gasteiger charge is -2.13. The van der Waals surface area contributed by atoms with E-state index < -0.39 is 5.97 Å². The molecule has 1 N–H and O–H groups in total. The summed E-state index contributed by atoms with van der Waals surface area (Å²) in [5.41, 5.74) is 2.80. The van der Waals surface area contributed by atoms with Gasteiger partial charge in [-0.05, 0) is 72.1 Å². The van der Waals surface area contributed by atoms with Gasteiger partial charge in [0, 0.05) is 4.43 Å². The Labute approximate surface area is 176 Å². The Morgan fingerprint density at radius 1 is 1.04 bits per heavy atom. The monoisotopic (exact) mass is 492 g/mol. The Hall–Kier alpha value is -2.61. The number of benzene rings is 3. The molecule has 3 aromatic carbocycles. The first-order valence-corrected chi connectivity index (χ1v) is 10.1. The van der Waals surface area contributed by atoms with Crippen LogP contribution in [0.1, 0.15) is 15.9 Å². The Bertz CT molecular complexity index is 986. The molecule has 0 atom stereocenters. The van der Waals surface area contributed by atoms with Crippen molar-refractivity contribution in [1.29, 1.82) is 0 Å². The number of aromatic carboxylic acids is 1. The maximum absolute atomic E-state index is 13.1. The van der Waals surface area contributed by atoms with Crippen LogP contribution in [0.15, 0.2) is 60.7 Å². The first-order valence-electron chi connectivity index (χ1n) is 8.58. The van der Waals surface area contributed by atoms with Crippen LogP contribution in [-0.2, 0) is 0 Å². The zero-order chi connectivity index (χ0) is 20.1. The summed E-state index contributed by atoms with van der Waals surface area (Å²) in [5, 5.41) is 9.47. The van der Waals surface area contributed by atoms with E-state index in [4.69, 9.17) is 9.47 Å². The molecule has 3 rings (SSSR count). The number of hydrogen-bond acceptors (Lipinski definition) is 3. The number of alkyl halides is 1. The summed E-state index contributed by atoms with van der Waals surface area (Å²) >= 11 is 2.25. The second-order valence-corrected chi connectivity index (χ2v) is 7.16. The predicted molar refractivity (Wildman–Crippen MR) is 114 cm³/mol. The van der Waals surface area contributed by atoms with Gasteiger partial charge in [0.15, 0.2) is 0 Å². The van der Waals surface area contributed by atoms with E-state index in [1.807, 2.05) is 25.1 Å². The Morgan fingerprint density at radius 3 is 2.39 bits per heavy atom. The van der Waals surface area contributed by atoms with Gasteiger partial charge in [0.1, 0.15) is 28.6 Å². The highest BCUT2D eigenvalue weighted by molar-refractivity contribution is 14.1. The number of halogens is 2. The van der Waals surface area contributed by atoms with Crippen LogP contribution in [-0.4, -0.2) is 22.1 Å². The lowest BCUT2D eigenvalue weighted by Crippen LogP contribution is -2.01. The zero-order valence-corrected chi connectivity index (χ0v) is 17.3. The van der Waals surface area contributed by atoms with Crippen molar-refractivity contribution in [2.75, 3.05) is 11.0 Å². The smallest absolute Gasteiger partial charge is 0.339 e. The van der Waals surface area contributed by atoms with E-state index in [1.165, 1.54) is 30.3 Å². The van der Waals surface area contributed by atoms with Crippen LogP contribution in [0, 0.1) is 12.7 Å². The highest BCUT2D eigenvalue weighted by Crippen LogP contribution is 2.33. The lowest BCUT2D eigenvalue weighted by molar-refractivity contribution is 0.0694. The number of ether oxygens (including phenoxy) is 2. The third-order valence-corrected chi connectivity index (χ3v) is 4.55. The topological polar surface area (TPSA) is 55.8 Å². The van der Waals surface area contributed by atoms with Crippen molar-refractivity contribution in [3.63, 3.8) is 0 Å². The molecule has 0 bridgehead atoms. The van der Waals surface area contributed by atoms with Gasteiger partial charge in [0.2, 0.25) is 0 Å². The normalized spacial score (nSPS) is 10.5. The molecule has 0 amide bonds. The van der Waals surface area contributed by atoms with Crippen LogP contribution < -0.4 is 9.47 Å². The maximum atomic E-state index is 13.1. The van der Waals surface area contributed by atoms with E-state index in [2.05, 4.69) is 22.6 Å². The van der Waals surface area contributed by atoms with Gasteiger partial charge in [-0.1, -0.05) is 34.7 Å². The fraction of sp³-hybridized carbons (Fsp3) is 0.136. The molecule has 6 heteroatoms. The van der Waals surface area contributed by atoms with Crippen molar-refractivity contribution in [2.45, 2.75) is 6.92 Å². The highest BCUT2D eigenvalue weighted by Gasteiger charge is 2.15. The van der Waals surface area contributed by atoms with Crippen LogP contribution in [0.25, 0.3) is 11.1 Å². The minimum atomic E-state index is -1.09. The number of carboxylic acid groups (broad SMARTS) is 1. The van der Waals surface area contributed by atoms with E-state index in [0.29, 0.717) is 12.4 Å². The van der Waals surface area contributed by atoms with E-state index in [9.17, 15) is 14.3 Å². The summed E-state index contributed by atoms with van der Waals surface area (Å²) in [6.45, 7) is 2.61. The van der Waals surface area contributed by atoms with Crippen molar-refractivity contribution in [1.82, 2.24) is 0 Å². The highest BCUT2D eigenvalue weighted by atomic mass is 127. The standard InChI is InChI=1S/C22H18FIO4/c1-14-12-18(27-11-10-24)7-9-19(14)15-2-8-20(22(25)26)21(13-15)28-17-5-3-16(23)4-6-17/h2-9,12-13H,10-11H2,1H3,(H,25,26). The van der Waals surface area contributed by atoms with Gasteiger partial charge in [0.25, 0.3) is 0 Å². The van der Waals surface area contributed by atoms with Crippen LogP contribution in [0.2, 0.25) is 0 Å². The van der Waals surface area contributed by atoms with E-state index in [1.54, 1.807) is 12.1 Å². The fourth-order valence-electron chi connectivity index (χ4n) is 2.79. The first kappa shape index (κ1) is 20.1. The third-order valence-electron chi connectivity index (χ3n) is 4.11. The van der Waals surface area contributed by atoms with Crippen LogP contribution in [0.5, 0.6) is 17.2 Å². The maximum Gasteiger partial charge on any atom is 0.339 e. The van der Waals surface area contributed by atoms with Crippen LogP contribution >= 0.6 is 22.6 Å². The van der Waals surface area contributed by atoms with Gasteiger partial charge < -0.3 is 14.6 Å². The molecule has 0 fully saturated rings. The second-order valence-electron chi connectivity index (χ2n) is 6.09. The van der Waals surface area contributed by atoms with Gasteiger partial charge in [-0.15, -0.1) is 0 Å². The van der Waals surface area contributed by atoms with Gasteiger partial charge in [-0.2, -0.15) is 0 Å². The summed E-state index contributed by atoms with van der Waals surface area (Å²) in [5.74, 6) is -0.132. The molecule has 28 heavy (non-hydrogen) atoms. The SMILES string of the molecule is Cc1cc(OCCI)ccc1-c1ccc(C(=O)O)c(Oc2ccc(F)cc2)c1. The van der Waals surface area contributed by atoms with Crippen molar-refractivity contribution in [3.8, 4) is 28.4 Å². The minimum absolute atomic E-state index is 0.0349. The molecule has 0 radical (unpaired) electrons. The van der Waals surface area contributed by atoms with Crippen molar-refractivity contribution >= 4 is 28.6 Å². The molecule has 0 heterocycles. The average Bonchev–Trinajstić information content (AvgIpc) is 2.68. The number of carbonyl (C=O) groups is 1. The molecule has 0 aliphatic heterocycles. The van der Waals surface area contributed by atoms with Crippen molar-refractivity contribution in [3.05, 3.63) is 77.6 Å². The van der Waals surface area contributed by atoms with Gasteiger partial charge in [-0.3, -0.25) is 0 Å². The van der Waals surface area contributed by atoms with E-state index in [0.717, 1.165) is 26.9 Å². The summed E-state index contributed by atoms with van der Waals surface area (Å²) < 4.78 is 25.4. The molecule has 3 aromatic rings. The second kappa shape index (κ2) is 9.05. The molecule has 0 saturated heterocycles. The fourth-order valence-corrected chi connectivity index (χ4v) is 3.01. The molecule has 0 spiro atoms. The molecule has 0 saturated carbocycles. The van der Waals surface area contributed by atoms with Gasteiger partial charge in [-0.25, -0.2) is 9.18 Å². The summed E-state index contributed by atoms with van der Waals surface area (Å²) in [7, 11) is 0. The number of carboxylic acids is 1. The molecular formula is C22H18FIO4. The first-order chi connectivity index (χ1) is 13.5. The molecular weight excluding hydrogens is 474 g/mol. The minimum Gasteiger partial charge on any atom is -0.493 e. The van der Waals surface area contributed by atoms with Gasteiger partial charge >= 0.3 is 5.97 Å². The summed E-state index contributed by atoms with van der Waals surface area (Å²) in [4.78, 5) is 11.6. The molecule has 0 aromatic heterocycles. The number of aryl methyl sites for hydroxylation is 1. The van der Waals surface area contributed by atoms with Crippen LogP contribution in [0.4, 0.5) is 4.39 Å². The van der Waals surface area contributed by atoms with E-state index >= 15 is 0 Å². The Balaban J connectivity index is 1.96. The van der Waals surface area contributed by atoms with Crippen molar-refractivity contribution < 1.29 is 23.8 Å². The molecule has 0 aliphatic carbocycles. The number of rotatable bonds is 7. The number of hydrogen-bond donors (Lipinski definition) is 1. The summed E-state index contributed by atoms with van der Waals surface area (Å²) in [6, 6.07) is 16.2. The third kappa shape index (κ3) is 4.81. The predicted octanol–water partition coefficient (Wildman–Crippen LogP) is 6.11. The molecule has 0 aliphatic rings. The molecule has 4 nitrogen and oxygen atoms in total. The zero-order valence-electron chi connectivity index (χ0n) is 15.1. The van der Waals surface area contributed by atoms with Crippen LogP contribution in [0.3, 0.4) is 0 Å².